The zero-order chi connectivity index (χ0) is 45.5. The van der Waals surface area contributed by atoms with E-state index in [4.69, 9.17) is 0 Å². The van der Waals surface area contributed by atoms with Crippen LogP contribution in [0.15, 0.2) is 92.1 Å². The van der Waals surface area contributed by atoms with Crippen LogP contribution in [0, 0.1) is 0 Å². The van der Waals surface area contributed by atoms with E-state index in [0.717, 1.165) is 101 Å². The van der Waals surface area contributed by atoms with E-state index in [-0.39, 0.29) is 47.4 Å². The Labute approximate surface area is 374 Å². The van der Waals surface area contributed by atoms with Crippen molar-refractivity contribution in [1.29, 1.82) is 0 Å². The van der Waals surface area contributed by atoms with Gasteiger partial charge in [-0.1, -0.05) is 159 Å². The second-order valence-corrected chi connectivity index (χ2v) is 17.2. The number of rotatable bonds is 26. The number of hydrogen-bond acceptors (Lipinski definition) is 6. The molecule has 0 unspecified atom stereocenters. The van der Waals surface area contributed by atoms with Crippen LogP contribution in [-0.4, -0.2) is 33.3 Å². The quantitative estimate of drug-likeness (QED) is 0.0295. The number of allylic oxidation sites excluding steroid dienone is 14. The van der Waals surface area contributed by atoms with E-state index in [9.17, 15) is 29.4 Å². The predicted octanol–water partition coefficient (Wildman–Crippen LogP) is 16.6. The zero-order valence-corrected chi connectivity index (χ0v) is 40.2. The molecule has 346 valence electrons. The van der Waals surface area contributed by atoms with E-state index >= 15 is 0 Å². The molecule has 6 nitrogen and oxygen atoms in total. The molecular formula is C55H90O6. The summed E-state index contributed by atoms with van der Waals surface area (Å²) in [5.74, 6) is -1.79. The fourth-order valence-corrected chi connectivity index (χ4v) is 6.95. The predicted molar refractivity (Wildman–Crippen MR) is 262 cm³/mol. The molecule has 0 saturated heterocycles. The summed E-state index contributed by atoms with van der Waals surface area (Å²) in [7, 11) is 0. The van der Waals surface area contributed by atoms with Crippen LogP contribution in [0.1, 0.15) is 231 Å². The van der Waals surface area contributed by atoms with Crippen LogP contribution in [-0.2, 0) is 19.2 Å². The molecule has 2 rings (SSSR count). The fourth-order valence-electron chi connectivity index (χ4n) is 6.95. The van der Waals surface area contributed by atoms with E-state index in [1.807, 2.05) is 26.0 Å². The zero-order valence-electron chi connectivity index (χ0n) is 40.2. The molecule has 0 heterocycles. The van der Waals surface area contributed by atoms with Crippen molar-refractivity contribution in [2.75, 3.05) is 0 Å². The molecule has 0 radical (unpaired) electrons. The van der Waals surface area contributed by atoms with Crippen molar-refractivity contribution in [3.63, 3.8) is 0 Å². The summed E-state index contributed by atoms with van der Waals surface area (Å²) in [6.07, 6.45) is 31.7. The molecule has 0 fully saturated rings. The highest BCUT2D eigenvalue weighted by Gasteiger charge is 2.33. The van der Waals surface area contributed by atoms with E-state index in [2.05, 4.69) is 74.5 Å². The second kappa shape index (κ2) is 35.8. The lowest BCUT2D eigenvalue weighted by molar-refractivity contribution is -0.132. The van der Waals surface area contributed by atoms with Gasteiger partial charge in [0.05, 0.1) is 0 Å². The van der Waals surface area contributed by atoms with Crippen molar-refractivity contribution in [2.24, 2.45) is 0 Å². The van der Waals surface area contributed by atoms with Gasteiger partial charge in [-0.15, -0.1) is 0 Å². The second-order valence-electron chi connectivity index (χ2n) is 17.2. The lowest BCUT2D eigenvalue weighted by atomic mass is 9.82. The van der Waals surface area contributed by atoms with E-state index in [1.54, 1.807) is 0 Å². The van der Waals surface area contributed by atoms with E-state index < -0.39 is 5.78 Å². The maximum Gasteiger partial charge on any atom is 0.233 e. The first-order valence-electron chi connectivity index (χ1n) is 23.6. The summed E-state index contributed by atoms with van der Waals surface area (Å²) in [4.78, 5) is 50.1. The van der Waals surface area contributed by atoms with Gasteiger partial charge >= 0.3 is 0 Å². The standard InChI is InChI=1S/C27H42O3.C21H30O3.C6H14.CH4/c1-6-8-10-12-17-22-23(16-11-9-7-2)26(29)27(30)24(25(22)28)19-18-21(5)15-13-14-20(3)4;1-5-6-7-11-17-14-19(22)18(21(24)20(17)23)13-12-16(4)10-8-9-15(2)3;1-3-5-6-4-2;/h14,18,28H,6-13,15-17,19H2,1-5H3;9,12,14,24H,5-8,10-11,13H2,1-4H3;3-6H2,1-2H3;1H4/b21-18+;16-12+;;. The van der Waals surface area contributed by atoms with Gasteiger partial charge in [-0.3, -0.25) is 19.2 Å². The highest BCUT2D eigenvalue weighted by molar-refractivity contribution is 6.50. The first-order valence-corrected chi connectivity index (χ1v) is 23.6. The maximum absolute atomic E-state index is 12.9. The van der Waals surface area contributed by atoms with Gasteiger partial charge < -0.3 is 10.2 Å². The molecule has 0 aromatic rings. The van der Waals surface area contributed by atoms with Gasteiger partial charge in [-0.25, -0.2) is 0 Å². The van der Waals surface area contributed by atoms with Crippen molar-refractivity contribution in [1.82, 2.24) is 0 Å². The van der Waals surface area contributed by atoms with Crippen LogP contribution < -0.4 is 0 Å². The topological polar surface area (TPSA) is 109 Å². The number of carbonyl (C=O) groups excluding carboxylic acids is 4. The summed E-state index contributed by atoms with van der Waals surface area (Å²) in [6.45, 7) is 23.2. The number of unbranched alkanes of at least 4 members (excludes halogenated alkanes) is 10. The largest absolute Gasteiger partial charge is 0.507 e. The monoisotopic (exact) mass is 847 g/mol. The Kier molecular flexibility index (Phi) is 34.8. The van der Waals surface area contributed by atoms with Crippen LogP contribution in [0.4, 0.5) is 0 Å². The Bertz CT molecular complexity index is 1600. The van der Waals surface area contributed by atoms with Crippen molar-refractivity contribution in [3.8, 4) is 0 Å². The summed E-state index contributed by atoms with van der Waals surface area (Å²) in [6, 6.07) is 0. The van der Waals surface area contributed by atoms with E-state index in [1.165, 1.54) is 48.5 Å². The molecule has 0 saturated carbocycles. The van der Waals surface area contributed by atoms with Crippen LogP contribution in [0.2, 0.25) is 0 Å². The van der Waals surface area contributed by atoms with Gasteiger partial charge in [-0.05, 0) is 125 Å². The average molecular weight is 847 g/mol. The third kappa shape index (κ3) is 25.0. The molecule has 0 aliphatic heterocycles. The highest BCUT2D eigenvalue weighted by Crippen LogP contribution is 2.33. The fraction of sp³-hybridized carbons (Fsp3) is 0.636. The van der Waals surface area contributed by atoms with Crippen molar-refractivity contribution < 1.29 is 29.4 Å². The maximum atomic E-state index is 12.9. The molecule has 0 aromatic carbocycles. The minimum absolute atomic E-state index is 0. The Hall–Kier alpha value is -3.80. The third-order valence-corrected chi connectivity index (χ3v) is 10.9. The summed E-state index contributed by atoms with van der Waals surface area (Å²) in [5, 5.41) is 21.1. The van der Waals surface area contributed by atoms with E-state index in [0.29, 0.717) is 43.3 Å². The lowest BCUT2D eigenvalue weighted by Gasteiger charge is -2.21. The molecule has 6 heteroatoms. The minimum Gasteiger partial charge on any atom is -0.507 e. The molecule has 0 amide bonds. The Morgan fingerprint density at radius 1 is 0.459 bits per heavy atom. The van der Waals surface area contributed by atoms with Gasteiger partial charge in [0.25, 0.3) is 0 Å². The van der Waals surface area contributed by atoms with Gasteiger partial charge in [0.1, 0.15) is 5.76 Å². The first-order chi connectivity index (χ1) is 28.6. The molecule has 2 aliphatic rings. The Morgan fingerprint density at radius 3 is 1.33 bits per heavy atom. The van der Waals surface area contributed by atoms with Gasteiger partial charge in [0.2, 0.25) is 17.3 Å². The number of ketones is 4. The SMILES string of the molecule is C.CCCCCC.CCCCCC1=CC(=O)C(C/C=C(\C)CCC=C(C)C)=C(O)C1=O.CCCCCCC1=C(CCCCC)C(=O)C(=O)C(C/C=C(\C)CCC=C(C)C)=C1O. The van der Waals surface area contributed by atoms with Crippen LogP contribution >= 0.6 is 0 Å². The summed E-state index contributed by atoms with van der Waals surface area (Å²) >= 11 is 0. The molecule has 61 heavy (non-hydrogen) atoms. The molecule has 2 N–H and O–H groups in total. The lowest BCUT2D eigenvalue weighted by Crippen LogP contribution is -2.26. The van der Waals surface area contributed by atoms with Crippen molar-refractivity contribution in [2.45, 2.75) is 231 Å². The molecule has 0 bridgehead atoms. The van der Waals surface area contributed by atoms with Crippen molar-refractivity contribution in [3.05, 3.63) is 92.1 Å². The Balaban J connectivity index is 0. The number of aliphatic hydroxyl groups excluding tert-OH is 2. The number of Topliss-reactive ketones (excluding diaryl/α,β-unsaturated/α-hetero) is 3. The molecule has 0 spiro atoms. The summed E-state index contributed by atoms with van der Waals surface area (Å²) in [5.41, 5.74) is 7.17. The molecule has 0 aromatic heterocycles. The smallest absolute Gasteiger partial charge is 0.233 e. The van der Waals surface area contributed by atoms with Gasteiger partial charge in [0, 0.05) is 27.9 Å². The molecule has 0 atom stereocenters. The summed E-state index contributed by atoms with van der Waals surface area (Å²) < 4.78 is 0. The first kappa shape index (κ1) is 59.3. The Morgan fingerprint density at radius 2 is 0.852 bits per heavy atom. The number of aliphatic hydroxyl groups is 2. The minimum atomic E-state index is -0.510. The average Bonchev–Trinajstić information content (AvgIpc) is 3.20. The number of hydrogen-bond donors (Lipinski definition) is 2. The third-order valence-electron chi connectivity index (χ3n) is 10.9. The van der Waals surface area contributed by atoms with Crippen LogP contribution in [0.3, 0.4) is 0 Å². The normalized spacial score (nSPS) is 14.6. The van der Waals surface area contributed by atoms with Gasteiger partial charge in [0.15, 0.2) is 11.5 Å². The number of carbonyl (C=O) groups is 4. The van der Waals surface area contributed by atoms with Crippen molar-refractivity contribution >= 4 is 23.1 Å². The molecule has 2 aliphatic carbocycles. The van der Waals surface area contributed by atoms with Crippen LogP contribution in [0.25, 0.3) is 0 Å². The highest BCUT2D eigenvalue weighted by atomic mass is 16.3. The van der Waals surface area contributed by atoms with Crippen LogP contribution in [0.5, 0.6) is 0 Å². The molecular weight excluding hydrogens is 757 g/mol. The van der Waals surface area contributed by atoms with Gasteiger partial charge in [-0.2, -0.15) is 0 Å².